The van der Waals surface area contributed by atoms with Gasteiger partial charge in [0, 0.05) is 12.1 Å². The minimum absolute atomic E-state index is 0.00883. The average Bonchev–Trinajstić information content (AvgIpc) is 3.38. The highest BCUT2D eigenvalue weighted by atomic mass is 32.2. The van der Waals surface area contributed by atoms with E-state index in [4.69, 9.17) is 10.3 Å². The van der Waals surface area contributed by atoms with Gasteiger partial charge in [0.15, 0.2) is 0 Å². The SMILES string of the molecule is CSc1nn(CC(=O)NCc2ccccc2)c(N)c1-c1nc(-c2cccc(C)c2)no1. The van der Waals surface area contributed by atoms with Gasteiger partial charge in [-0.05, 0) is 24.8 Å². The number of rotatable bonds is 7. The van der Waals surface area contributed by atoms with E-state index in [-0.39, 0.29) is 18.3 Å². The van der Waals surface area contributed by atoms with Gasteiger partial charge in [0.2, 0.25) is 11.7 Å². The van der Waals surface area contributed by atoms with Gasteiger partial charge in [-0.25, -0.2) is 4.68 Å². The molecule has 0 atom stereocenters. The zero-order valence-corrected chi connectivity index (χ0v) is 18.0. The highest BCUT2D eigenvalue weighted by molar-refractivity contribution is 7.98. The molecule has 2 aromatic heterocycles. The van der Waals surface area contributed by atoms with Crippen LogP contribution in [-0.4, -0.2) is 32.1 Å². The Bertz CT molecular complexity index is 1200. The summed E-state index contributed by atoms with van der Waals surface area (Å²) >= 11 is 1.40. The van der Waals surface area contributed by atoms with Crippen molar-refractivity contribution in [2.24, 2.45) is 0 Å². The van der Waals surface area contributed by atoms with Crippen LogP contribution in [0.15, 0.2) is 64.1 Å². The van der Waals surface area contributed by atoms with Crippen LogP contribution in [0.2, 0.25) is 0 Å². The van der Waals surface area contributed by atoms with Crippen LogP contribution < -0.4 is 11.1 Å². The Morgan fingerprint density at radius 3 is 2.74 bits per heavy atom. The molecule has 0 aliphatic heterocycles. The molecule has 8 nitrogen and oxygen atoms in total. The summed E-state index contributed by atoms with van der Waals surface area (Å²) in [6, 6.07) is 17.5. The van der Waals surface area contributed by atoms with E-state index in [9.17, 15) is 4.79 Å². The quantitative estimate of drug-likeness (QED) is 0.428. The molecule has 0 aliphatic carbocycles. The summed E-state index contributed by atoms with van der Waals surface area (Å²) in [7, 11) is 0. The molecule has 9 heteroatoms. The van der Waals surface area contributed by atoms with Gasteiger partial charge in [-0.3, -0.25) is 4.79 Å². The number of thioether (sulfide) groups is 1. The average molecular weight is 435 g/mol. The molecule has 3 N–H and O–H groups in total. The standard InChI is InChI=1S/C22H22N6O2S/c1-14-7-6-10-16(11-14)20-25-21(30-27-20)18-19(23)28(26-22(18)31-2)13-17(29)24-12-15-8-4-3-5-9-15/h3-11H,12-13,23H2,1-2H3,(H,24,29). The van der Waals surface area contributed by atoms with Gasteiger partial charge in [-0.1, -0.05) is 59.3 Å². The summed E-state index contributed by atoms with van der Waals surface area (Å²) < 4.78 is 6.94. The van der Waals surface area contributed by atoms with Gasteiger partial charge < -0.3 is 15.6 Å². The Hall–Kier alpha value is -3.59. The van der Waals surface area contributed by atoms with E-state index in [0.29, 0.717) is 28.8 Å². The summed E-state index contributed by atoms with van der Waals surface area (Å²) in [5.41, 5.74) is 9.83. The molecule has 1 amide bonds. The fourth-order valence-corrected chi connectivity index (χ4v) is 3.71. The van der Waals surface area contributed by atoms with Crippen molar-refractivity contribution in [1.29, 1.82) is 0 Å². The van der Waals surface area contributed by atoms with Crippen molar-refractivity contribution in [2.45, 2.75) is 25.0 Å². The number of nitrogen functional groups attached to an aromatic ring is 1. The lowest BCUT2D eigenvalue weighted by molar-refractivity contribution is -0.122. The second-order valence-corrected chi connectivity index (χ2v) is 7.78. The van der Waals surface area contributed by atoms with E-state index in [1.165, 1.54) is 16.4 Å². The van der Waals surface area contributed by atoms with Crippen molar-refractivity contribution in [3.05, 3.63) is 65.7 Å². The third-order valence-corrected chi connectivity index (χ3v) is 5.37. The summed E-state index contributed by atoms with van der Waals surface area (Å²) in [4.78, 5) is 16.9. The van der Waals surface area contributed by atoms with Gasteiger partial charge in [-0.15, -0.1) is 11.8 Å². The van der Waals surface area contributed by atoms with Gasteiger partial charge >= 0.3 is 0 Å². The highest BCUT2D eigenvalue weighted by Gasteiger charge is 2.23. The number of anilines is 1. The van der Waals surface area contributed by atoms with E-state index in [1.807, 2.05) is 67.8 Å². The van der Waals surface area contributed by atoms with Crippen LogP contribution in [0.3, 0.4) is 0 Å². The van der Waals surface area contributed by atoms with Crippen molar-refractivity contribution in [1.82, 2.24) is 25.2 Å². The van der Waals surface area contributed by atoms with Crippen molar-refractivity contribution in [3.8, 4) is 22.8 Å². The third-order valence-electron chi connectivity index (χ3n) is 4.70. The zero-order valence-electron chi connectivity index (χ0n) is 17.2. The molecule has 4 aromatic rings. The number of hydrogen-bond donors (Lipinski definition) is 2. The molecule has 0 fully saturated rings. The second-order valence-electron chi connectivity index (χ2n) is 6.98. The molecule has 2 aromatic carbocycles. The number of amides is 1. The monoisotopic (exact) mass is 434 g/mol. The predicted molar refractivity (Wildman–Crippen MR) is 120 cm³/mol. The lowest BCUT2D eigenvalue weighted by Crippen LogP contribution is -2.28. The largest absolute Gasteiger partial charge is 0.383 e. The van der Waals surface area contributed by atoms with E-state index in [1.54, 1.807) is 0 Å². The Balaban J connectivity index is 1.54. The summed E-state index contributed by atoms with van der Waals surface area (Å²) in [5.74, 6) is 0.856. The maximum absolute atomic E-state index is 12.4. The predicted octanol–water partition coefficient (Wildman–Crippen LogP) is 3.53. The summed E-state index contributed by atoms with van der Waals surface area (Å²) in [5, 5.41) is 12.0. The number of nitrogens with two attached hydrogens (primary N) is 1. The third kappa shape index (κ3) is 4.61. The maximum atomic E-state index is 12.4. The number of aryl methyl sites for hydroxylation is 1. The van der Waals surface area contributed by atoms with Crippen LogP contribution in [0.1, 0.15) is 11.1 Å². The first-order chi connectivity index (χ1) is 15.0. The van der Waals surface area contributed by atoms with E-state index < -0.39 is 0 Å². The molecule has 0 saturated heterocycles. The molecule has 0 bridgehead atoms. The minimum atomic E-state index is -0.191. The number of nitrogens with zero attached hydrogens (tertiary/aromatic N) is 4. The van der Waals surface area contributed by atoms with E-state index in [2.05, 4.69) is 20.6 Å². The topological polar surface area (TPSA) is 112 Å². The molecule has 0 radical (unpaired) electrons. The first-order valence-corrected chi connectivity index (χ1v) is 10.9. The number of carbonyl (C=O) groups is 1. The Labute approximate surface area is 183 Å². The number of aromatic nitrogens is 4. The fourth-order valence-electron chi connectivity index (χ4n) is 3.13. The minimum Gasteiger partial charge on any atom is -0.383 e. The molecule has 0 aliphatic rings. The second kappa shape index (κ2) is 9.05. The Morgan fingerprint density at radius 2 is 2.00 bits per heavy atom. The van der Waals surface area contributed by atoms with Crippen molar-refractivity contribution in [2.75, 3.05) is 12.0 Å². The Kier molecular flexibility index (Phi) is 6.03. The van der Waals surface area contributed by atoms with Crippen LogP contribution in [0.25, 0.3) is 22.8 Å². The maximum Gasteiger partial charge on any atom is 0.264 e. The number of carbonyl (C=O) groups excluding carboxylic acids is 1. The molecular formula is C22H22N6O2S. The smallest absolute Gasteiger partial charge is 0.264 e. The van der Waals surface area contributed by atoms with E-state index in [0.717, 1.165) is 16.7 Å². The summed E-state index contributed by atoms with van der Waals surface area (Å²) in [6.07, 6.45) is 1.88. The van der Waals surface area contributed by atoms with Crippen molar-refractivity contribution in [3.63, 3.8) is 0 Å². The van der Waals surface area contributed by atoms with Crippen LogP contribution in [-0.2, 0) is 17.9 Å². The zero-order chi connectivity index (χ0) is 21.8. The number of hydrogen-bond acceptors (Lipinski definition) is 7. The molecular weight excluding hydrogens is 412 g/mol. The number of benzene rings is 2. The van der Waals surface area contributed by atoms with E-state index >= 15 is 0 Å². The first-order valence-electron chi connectivity index (χ1n) is 9.67. The van der Waals surface area contributed by atoms with Gasteiger partial charge in [0.05, 0.1) is 0 Å². The van der Waals surface area contributed by atoms with Crippen LogP contribution in [0.4, 0.5) is 5.82 Å². The first kappa shape index (κ1) is 20.7. The molecule has 0 saturated carbocycles. The van der Waals surface area contributed by atoms with Gasteiger partial charge in [-0.2, -0.15) is 10.1 Å². The molecule has 0 unspecified atom stereocenters. The van der Waals surface area contributed by atoms with Crippen molar-refractivity contribution < 1.29 is 9.32 Å². The Morgan fingerprint density at radius 1 is 1.19 bits per heavy atom. The molecule has 31 heavy (non-hydrogen) atoms. The fraction of sp³-hybridized carbons (Fsp3) is 0.182. The normalized spacial score (nSPS) is 10.9. The van der Waals surface area contributed by atoms with Gasteiger partial charge in [0.25, 0.3) is 5.89 Å². The lowest BCUT2D eigenvalue weighted by atomic mass is 10.1. The van der Waals surface area contributed by atoms with Crippen LogP contribution in [0.5, 0.6) is 0 Å². The van der Waals surface area contributed by atoms with Crippen molar-refractivity contribution >= 4 is 23.5 Å². The number of nitrogens with one attached hydrogen (secondary N) is 1. The molecule has 2 heterocycles. The highest BCUT2D eigenvalue weighted by Crippen LogP contribution is 2.34. The van der Waals surface area contributed by atoms with Gasteiger partial charge in [0.1, 0.15) is 23.0 Å². The molecule has 158 valence electrons. The summed E-state index contributed by atoms with van der Waals surface area (Å²) in [6.45, 7) is 2.43. The van der Waals surface area contributed by atoms with Crippen LogP contribution >= 0.6 is 11.8 Å². The van der Waals surface area contributed by atoms with Crippen LogP contribution in [0, 0.1) is 6.92 Å². The molecule has 4 rings (SSSR count). The lowest BCUT2D eigenvalue weighted by Gasteiger charge is -2.06. The molecule has 0 spiro atoms.